The Balaban J connectivity index is 1.89. The number of benzene rings is 1. The molecule has 3 aromatic rings. The van der Waals surface area contributed by atoms with Gasteiger partial charge in [0.15, 0.2) is 42.3 Å². The summed E-state index contributed by atoms with van der Waals surface area (Å²) in [5, 5.41) is 9.17. The second-order valence-corrected chi connectivity index (χ2v) is 32.1. The fraction of sp³-hybridized carbons (Fsp3) is 0.657. The Labute approximate surface area is 290 Å². The van der Waals surface area contributed by atoms with E-state index < -0.39 is 49.5 Å². The molecule has 13 heteroatoms. The lowest BCUT2D eigenvalue weighted by Crippen LogP contribution is -2.54. The van der Waals surface area contributed by atoms with Gasteiger partial charge in [-0.3, -0.25) is 9.36 Å². The first kappa shape index (κ1) is 38.4. The van der Waals surface area contributed by atoms with Crippen molar-refractivity contribution >= 4 is 36.1 Å². The van der Waals surface area contributed by atoms with E-state index in [0.717, 1.165) is 0 Å². The molecule has 4 atom stereocenters. The molecule has 0 aliphatic carbocycles. The largest absolute Gasteiger partial charge is 0.414 e. The number of aromatic nitrogens is 4. The fourth-order valence-corrected chi connectivity index (χ4v) is 8.44. The molecule has 1 aliphatic heterocycles. The Hall–Kier alpha value is -2.45. The summed E-state index contributed by atoms with van der Waals surface area (Å²) in [5.41, 5.74) is 1.46. The average molecular weight is 712 g/mol. The van der Waals surface area contributed by atoms with Gasteiger partial charge in [0, 0.05) is 5.56 Å². The van der Waals surface area contributed by atoms with Gasteiger partial charge < -0.3 is 23.0 Å². The molecule has 1 aromatic carbocycles. The molecule has 10 nitrogen and oxygen atoms in total. The van der Waals surface area contributed by atoms with Gasteiger partial charge in [0.2, 0.25) is 0 Å². The zero-order valence-corrected chi connectivity index (χ0v) is 34.7. The van der Waals surface area contributed by atoms with Crippen LogP contribution in [-0.4, -0.2) is 69.4 Å². The molecule has 0 saturated carbocycles. The van der Waals surface area contributed by atoms with Crippen LogP contribution in [0.5, 0.6) is 0 Å². The number of fused-ring (bicyclic) bond motifs is 1. The molecule has 48 heavy (non-hydrogen) atoms. The third kappa shape index (κ3) is 7.65. The summed E-state index contributed by atoms with van der Waals surface area (Å²) in [4.78, 5) is 25.7. The fourth-order valence-electron chi connectivity index (χ4n) is 4.83. The van der Waals surface area contributed by atoms with Crippen LogP contribution >= 0.6 is 0 Å². The Morgan fingerprint density at radius 1 is 0.854 bits per heavy atom. The molecule has 1 aliphatic rings. The van der Waals surface area contributed by atoms with E-state index in [0.29, 0.717) is 29.2 Å². The van der Waals surface area contributed by atoms with Crippen molar-refractivity contribution in [3.63, 3.8) is 0 Å². The highest BCUT2D eigenvalue weighted by Crippen LogP contribution is 2.47. The molecule has 0 spiro atoms. The minimum absolute atomic E-state index is 0.0190. The topological polar surface area (TPSA) is 124 Å². The number of hydrogen-bond acceptors (Lipinski definition) is 8. The number of nitrogens with one attached hydrogen (secondary N) is 1. The lowest BCUT2D eigenvalue weighted by Gasteiger charge is -2.44. The quantitative estimate of drug-likeness (QED) is 0.220. The van der Waals surface area contributed by atoms with E-state index >= 15 is 0 Å². The van der Waals surface area contributed by atoms with Crippen LogP contribution in [0.4, 0.5) is 0 Å². The van der Waals surface area contributed by atoms with Gasteiger partial charge in [-0.25, -0.2) is 9.97 Å². The van der Waals surface area contributed by atoms with Gasteiger partial charge in [-0.1, -0.05) is 62.3 Å². The summed E-state index contributed by atoms with van der Waals surface area (Å²) < 4.78 is 30.2. The average Bonchev–Trinajstić information content (AvgIpc) is 3.51. The molecule has 3 heterocycles. The molecule has 264 valence electrons. The summed E-state index contributed by atoms with van der Waals surface area (Å²) in [6.07, 6.45) is -0.402. The third-order valence-corrected chi connectivity index (χ3v) is 24.6. The molecular formula is C35H57N5O5Si3. The van der Waals surface area contributed by atoms with Gasteiger partial charge in [0.05, 0.1) is 24.6 Å². The highest BCUT2D eigenvalue weighted by molar-refractivity contribution is 6.75. The van der Waals surface area contributed by atoms with Crippen LogP contribution in [0, 0.1) is 11.3 Å². The van der Waals surface area contributed by atoms with Crippen LogP contribution in [0.3, 0.4) is 0 Å². The summed E-state index contributed by atoms with van der Waals surface area (Å²) in [5.74, 6) is 0.380. The van der Waals surface area contributed by atoms with Gasteiger partial charge in [0.25, 0.3) is 5.56 Å². The van der Waals surface area contributed by atoms with E-state index in [1.165, 1.54) is 0 Å². The summed E-state index contributed by atoms with van der Waals surface area (Å²) >= 11 is 0. The van der Waals surface area contributed by atoms with E-state index in [-0.39, 0.29) is 26.2 Å². The first-order valence-electron chi connectivity index (χ1n) is 16.9. The normalized spacial score (nSPS) is 21.5. The Morgan fingerprint density at radius 3 is 1.88 bits per heavy atom. The maximum Gasteiger partial charge on any atom is 0.279 e. The molecule has 1 fully saturated rings. The minimum Gasteiger partial charge on any atom is -0.414 e. The van der Waals surface area contributed by atoms with Crippen LogP contribution in [0.2, 0.25) is 54.4 Å². The predicted molar refractivity (Wildman–Crippen MR) is 199 cm³/mol. The van der Waals surface area contributed by atoms with Crippen molar-refractivity contribution in [3.05, 3.63) is 46.5 Å². The van der Waals surface area contributed by atoms with Crippen molar-refractivity contribution < 1.29 is 18.0 Å². The molecule has 2 aromatic heterocycles. The Bertz CT molecular complexity index is 1710. The van der Waals surface area contributed by atoms with Crippen molar-refractivity contribution in [2.75, 3.05) is 6.61 Å². The number of ether oxygens (including phenoxy) is 1. The van der Waals surface area contributed by atoms with E-state index in [2.05, 4.69) is 118 Å². The second-order valence-electron chi connectivity index (χ2n) is 17.7. The number of nitriles is 1. The van der Waals surface area contributed by atoms with E-state index in [1.807, 2.05) is 4.57 Å². The first-order chi connectivity index (χ1) is 21.8. The van der Waals surface area contributed by atoms with Crippen LogP contribution in [0.25, 0.3) is 22.6 Å². The van der Waals surface area contributed by atoms with Gasteiger partial charge in [-0.05, 0) is 78.7 Å². The molecule has 4 rings (SSSR count). The van der Waals surface area contributed by atoms with Crippen LogP contribution in [0.15, 0.2) is 35.4 Å². The standard InChI is InChI=1S/C35H57N5O5Si3/c1-33(2,3)46(10,11)42-21-25-27(44-47(12,13)34(4,5)6)28(45-48(14,15)35(7,8)9)32(43-25)40-22-37-26-30(40)38-29(39-31(26)41)24-18-16-23(20-36)17-19-24/h16-19,22,25,27-28,32H,21H2,1-15H3,(H,38,39,41). The first-order valence-corrected chi connectivity index (χ1v) is 25.6. The number of nitrogens with zero attached hydrogens (tertiary/aromatic N) is 4. The zero-order valence-electron chi connectivity index (χ0n) is 31.7. The van der Waals surface area contributed by atoms with E-state index in [9.17, 15) is 10.1 Å². The van der Waals surface area contributed by atoms with Crippen LogP contribution in [-0.2, 0) is 18.0 Å². The number of hydrogen-bond donors (Lipinski definition) is 1. The highest BCUT2D eigenvalue weighted by atomic mass is 28.4. The van der Waals surface area contributed by atoms with Crippen LogP contribution < -0.4 is 5.56 Å². The lowest BCUT2D eigenvalue weighted by atomic mass is 10.1. The molecule has 1 N–H and O–H groups in total. The van der Waals surface area contributed by atoms with E-state index in [4.69, 9.17) is 23.0 Å². The summed E-state index contributed by atoms with van der Waals surface area (Å²) in [6, 6.07) is 9.09. The van der Waals surface area contributed by atoms with Gasteiger partial charge in [-0.2, -0.15) is 5.26 Å². The molecule has 4 unspecified atom stereocenters. The van der Waals surface area contributed by atoms with Crippen molar-refractivity contribution in [3.8, 4) is 17.5 Å². The van der Waals surface area contributed by atoms with Crippen molar-refractivity contribution in [2.24, 2.45) is 0 Å². The van der Waals surface area contributed by atoms with Crippen LogP contribution in [0.1, 0.15) is 74.1 Å². The summed E-state index contributed by atoms with van der Waals surface area (Å²) in [7, 11) is -6.85. The lowest BCUT2D eigenvalue weighted by molar-refractivity contribution is -0.0470. The minimum atomic E-state index is -2.38. The van der Waals surface area contributed by atoms with Crippen molar-refractivity contribution in [1.29, 1.82) is 5.26 Å². The molecular weight excluding hydrogens is 655 g/mol. The maximum atomic E-state index is 13.4. The van der Waals surface area contributed by atoms with Crippen molar-refractivity contribution in [2.45, 2.75) is 141 Å². The molecule has 0 bridgehead atoms. The van der Waals surface area contributed by atoms with Crippen molar-refractivity contribution in [1.82, 2.24) is 19.5 Å². The molecule has 0 radical (unpaired) electrons. The zero-order chi connectivity index (χ0) is 36.3. The van der Waals surface area contributed by atoms with E-state index in [1.54, 1.807) is 30.6 Å². The number of aromatic amines is 1. The molecule has 1 saturated heterocycles. The smallest absolute Gasteiger partial charge is 0.279 e. The van der Waals surface area contributed by atoms with Gasteiger partial charge in [0.1, 0.15) is 24.1 Å². The summed E-state index contributed by atoms with van der Waals surface area (Å²) in [6.45, 7) is 33.9. The molecule has 0 amide bonds. The Morgan fingerprint density at radius 2 is 1.38 bits per heavy atom. The number of imidazole rings is 1. The third-order valence-electron chi connectivity index (χ3n) is 11.2. The van der Waals surface area contributed by atoms with Gasteiger partial charge in [-0.15, -0.1) is 0 Å². The number of rotatable bonds is 9. The monoisotopic (exact) mass is 711 g/mol. The second kappa shape index (κ2) is 13.0. The van der Waals surface area contributed by atoms with Gasteiger partial charge >= 0.3 is 0 Å². The predicted octanol–water partition coefficient (Wildman–Crippen LogP) is 8.36. The maximum absolute atomic E-state index is 13.4. The Kier molecular flexibility index (Phi) is 10.4. The SMILES string of the molecule is CC(C)(C)[Si](C)(C)OCC1OC(n2cnc3c(=O)[nH]c(-c4ccc(C#N)cc4)nc32)C(O[Si](C)(C)C(C)(C)C)C1O[Si](C)(C)C(C)(C)C. The number of H-pyrrole nitrogens is 1. The highest BCUT2D eigenvalue weighted by Gasteiger charge is 2.55.